The fourth-order valence-corrected chi connectivity index (χ4v) is 1.95. The number of hydrogen-bond donors (Lipinski definition) is 1. The Kier molecular flexibility index (Phi) is 4.12. The van der Waals surface area contributed by atoms with E-state index in [2.05, 4.69) is 9.97 Å². The first-order valence-corrected chi connectivity index (χ1v) is 6.20. The Hall–Kier alpha value is -1.94. The third kappa shape index (κ3) is 3.29. The molecule has 0 aliphatic heterocycles. The predicted octanol–water partition coefficient (Wildman–Crippen LogP) is 2.85. The smallest absolute Gasteiger partial charge is 0.314 e. The molecule has 2 rings (SSSR count). The average Bonchev–Trinajstić information content (AvgIpc) is 2.39. The SMILES string of the molecule is Cc1ccccc1CC(C(=O)O)c1ncc(Cl)cn1. The summed E-state index contributed by atoms with van der Waals surface area (Å²) in [6.45, 7) is 1.96. The summed E-state index contributed by atoms with van der Waals surface area (Å²) in [6, 6.07) is 7.69. The van der Waals surface area contributed by atoms with Crippen molar-refractivity contribution in [2.75, 3.05) is 0 Å². The molecule has 0 saturated heterocycles. The minimum Gasteiger partial charge on any atom is -0.481 e. The van der Waals surface area contributed by atoms with Crippen LogP contribution in [-0.4, -0.2) is 21.0 Å². The quantitative estimate of drug-likeness (QED) is 0.933. The van der Waals surface area contributed by atoms with Gasteiger partial charge in [-0.2, -0.15) is 0 Å². The van der Waals surface area contributed by atoms with Gasteiger partial charge in [-0.25, -0.2) is 9.97 Å². The summed E-state index contributed by atoms with van der Waals surface area (Å²) in [5.74, 6) is -1.43. The highest BCUT2D eigenvalue weighted by Crippen LogP contribution is 2.20. The first kappa shape index (κ1) is 13.5. The van der Waals surface area contributed by atoms with Crippen molar-refractivity contribution >= 4 is 17.6 Å². The second-order valence-corrected chi connectivity index (χ2v) is 4.72. The lowest BCUT2D eigenvalue weighted by Crippen LogP contribution is -2.17. The van der Waals surface area contributed by atoms with Gasteiger partial charge in [0.2, 0.25) is 0 Å². The summed E-state index contributed by atoms with van der Waals surface area (Å²) in [7, 11) is 0. The van der Waals surface area contributed by atoms with Gasteiger partial charge in [0.15, 0.2) is 0 Å². The number of halogens is 1. The van der Waals surface area contributed by atoms with E-state index in [9.17, 15) is 9.90 Å². The Labute approximate surface area is 116 Å². The Bertz CT molecular complexity index is 584. The standard InChI is InChI=1S/C14H13ClN2O2/c1-9-4-2-3-5-10(9)6-12(14(18)19)13-16-7-11(15)8-17-13/h2-5,7-8,12H,6H2,1H3,(H,18,19). The maximum absolute atomic E-state index is 11.4. The molecule has 0 aliphatic rings. The molecule has 0 spiro atoms. The van der Waals surface area contributed by atoms with Crippen LogP contribution in [0.3, 0.4) is 0 Å². The number of aryl methyl sites for hydroxylation is 1. The van der Waals surface area contributed by atoms with Crippen molar-refractivity contribution in [3.63, 3.8) is 0 Å². The molecular weight excluding hydrogens is 264 g/mol. The predicted molar refractivity (Wildman–Crippen MR) is 72.3 cm³/mol. The van der Waals surface area contributed by atoms with E-state index >= 15 is 0 Å². The summed E-state index contributed by atoms with van der Waals surface area (Å²) >= 11 is 5.71. The molecule has 1 heterocycles. The highest BCUT2D eigenvalue weighted by molar-refractivity contribution is 6.30. The first-order valence-electron chi connectivity index (χ1n) is 5.82. The van der Waals surface area contributed by atoms with Crippen molar-refractivity contribution in [2.45, 2.75) is 19.3 Å². The molecule has 0 amide bonds. The number of rotatable bonds is 4. The lowest BCUT2D eigenvalue weighted by Gasteiger charge is -2.12. The molecule has 1 aromatic heterocycles. The number of aliphatic carboxylic acids is 1. The van der Waals surface area contributed by atoms with Gasteiger partial charge in [-0.05, 0) is 24.5 Å². The maximum atomic E-state index is 11.4. The van der Waals surface area contributed by atoms with Crippen LogP contribution < -0.4 is 0 Å². The number of hydrogen-bond acceptors (Lipinski definition) is 3. The average molecular weight is 277 g/mol. The van der Waals surface area contributed by atoms with Crippen molar-refractivity contribution in [1.82, 2.24) is 9.97 Å². The van der Waals surface area contributed by atoms with E-state index in [0.717, 1.165) is 11.1 Å². The number of aromatic nitrogens is 2. The van der Waals surface area contributed by atoms with Crippen LogP contribution in [0.4, 0.5) is 0 Å². The number of benzene rings is 1. The van der Waals surface area contributed by atoms with Crippen LogP contribution in [0.15, 0.2) is 36.7 Å². The van der Waals surface area contributed by atoms with Gasteiger partial charge in [-0.15, -0.1) is 0 Å². The van der Waals surface area contributed by atoms with Gasteiger partial charge in [0, 0.05) is 12.4 Å². The largest absolute Gasteiger partial charge is 0.481 e. The highest BCUT2D eigenvalue weighted by atomic mass is 35.5. The van der Waals surface area contributed by atoms with E-state index in [-0.39, 0.29) is 5.82 Å². The first-order chi connectivity index (χ1) is 9.08. The fraction of sp³-hybridized carbons (Fsp3) is 0.214. The summed E-state index contributed by atoms with van der Waals surface area (Å²) in [5.41, 5.74) is 2.04. The zero-order chi connectivity index (χ0) is 13.8. The molecule has 4 nitrogen and oxygen atoms in total. The molecule has 0 bridgehead atoms. The van der Waals surface area contributed by atoms with Crippen LogP contribution in [0.2, 0.25) is 5.02 Å². The lowest BCUT2D eigenvalue weighted by atomic mass is 9.95. The normalized spacial score (nSPS) is 12.1. The van der Waals surface area contributed by atoms with E-state index in [1.807, 2.05) is 31.2 Å². The Balaban J connectivity index is 2.29. The van der Waals surface area contributed by atoms with Crippen LogP contribution in [0.5, 0.6) is 0 Å². The highest BCUT2D eigenvalue weighted by Gasteiger charge is 2.23. The summed E-state index contributed by atoms with van der Waals surface area (Å²) in [4.78, 5) is 19.4. The minimum absolute atomic E-state index is 0.278. The van der Waals surface area contributed by atoms with Gasteiger partial charge in [0.1, 0.15) is 11.7 Å². The van der Waals surface area contributed by atoms with Crippen molar-refractivity contribution in [3.8, 4) is 0 Å². The van der Waals surface area contributed by atoms with Crippen molar-refractivity contribution in [1.29, 1.82) is 0 Å². The molecule has 1 atom stereocenters. The molecule has 0 aliphatic carbocycles. The molecule has 5 heteroatoms. The number of carboxylic acids is 1. The molecule has 0 saturated carbocycles. The van der Waals surface area contributed by atoms with Crippen LogP contribution >= 0.6 is 11.6 Å². The molecule has 1 N–H and O–H groups in total. The van der Waals surface area contributed by atoms with Crippen LogP contribution in [-0.2, 0) is 11.2 Å². The Morgan fingerprint density at radius 1 is 1.32 bits per heavy atom. The summed E-state index contributed by atoms with van der Waals surface area (Å²) in [6.07, 6.45) is 3.19. The Morgan fingerprint density at radius 2 is 1.95 bits per heavy atom. The lowest BCUT2D eigenvalue weighted by molar-refractivity contribution is -0.139. The molecule has 1 unspecified atom stereocenters. The van der Waals surface area contributed by atoms with E-state index < -0.39 is 11.9 Å². The van der Waals surface area contributed by atoms with E-state index in [4.69, 9.17) is 11.6 Å². The number of carbonyl (C=O) groups is 1. The van der Waals surface area contributed by atoms with Crippen LogP contribution in [0, 0.1) is 6.92 Å². The van der Waals surface area contributed by atoms with Gasteiger partial charge >= 0.3 is 5.97 Å². The molecule has 1 aromatic carbocycles. The van der Waals surface area contributed by atoms with Gasteiger partial charge in [0.05, 0.1) is 5.02 Å². The monoisotopic (exact) mass is 276 g/mol. The summed E-state index contributed by atoms with van der Waals surface area (Å²) in [5, 5.41) is 9.73. The number of carboxylic acid groups (broad SMARTS) is 1. The van der Waals surface area contributed by atoms with Gasteiger partial charge < -0.3 is 5.11 Å². The maximum Gasteiger partial charge on any atom is 0.314 e. The molecule has 2 aromatic rings. The molecule has 0 radical (unpaired) electrons. The second kappa shape index (κ2) is 5.80. The molecule has 98 valence electrons. The van der Waals surface area contributed by atoms with Gasteiger partial charge in [-0.1, -0.05) is 35.9 Å². The van der Waals surface area contributed by atoms with Crippen molar-refractivity contribution in [2.24, 2.45) is 0 Å². The van der Waals surface area contributed by atoms with E-state index in [1.54, 1.807) is 0 Å². The van der Waals surface area contributed by atoms with Crippen LogP contribution in [0.25, 0.3) is 0 Å². The van der Waals surface area contributed by atoms with Gasteiger partial charge in [0.25, 0.3) is 0 Å². The van der Waals surface area contributed by atoms with Crippen molar-refractivity contribution in [3.05, 3.63) is 58.6 Å². The molecule has 0 fully saturated rings. The molecular formula is C14H13ClN2O2. The van der Waals surface area contributed by atoms with E-state index in [0.29, 0.717) is 11.4 Å². The third-order valence-corrected chi connectivity index (χ3v) is 3.13. The topological polar surface area (TPSA) is 63.1 Å². The minimum atomic E-state index is -0.939. The van der Waals surface area contributed by atoms with Crippen molar-refractivity contribution < 1.29 is 9.90 Å². The third-order valence-electron chi connectivity index (χ3n) is 2.94. The zero-order valence-corrected chi connectivity index (χ0v) is 11.1. The molecule has 19 heavy (non-hydrogen) atoms. The number of nitrogens with zero attached hydrogens (tertiary/aromatic N) is 2. The summed E-state index contributed by atoms with van der Waals surface area (Å²) < 4.78 is 0. The van der Waals surface area contributed by atoms with E-state index in [1.165, 1.54) is 12.4 Å². The zero-order valence-electron chi connectivity index (χ0n) is 10.4. The Morgan fingerprint density at radius 3 is 2.53 bits per heavy atom. The second-order valence-electron chi connectivity index (χ2n) is 4.28. The fourth-order valence-electron chi connectivity index (χ4n) is 1.85. The van der Waals surface area contributed by atoms with Crippen LogP contribution in [0.1, 0.15) is 22.9 Å². The van der Waals surface area contributed by atoms with Gasteiger partial charge in [-0.3, -0.25) is 4.79 Å².